The maximum absolute atomic E-state index is 13.2. The Bertz CT molecular complexity index is 1110. The highest BCUT2D eigenvalue weighted by Gasteiger charge is 2.40. The molecule has 0 bridgehead atoms. The SMILES string of the molecule is O=C(NCCC1=CCCCC1)c1ccc(N=NC2C(=O)Nc3c2cccc3C(F)(F)F)cc1. The second kappa shape index (κ2) is 9.56. The summed E-state index contributed by atoms with van der Waals surface area (Å²) in [5, 5.41) is 13.1. The van der Waals surface area contributed by atoms with Crippen molar-refractivity contribution in [1.82, 2.24) is 5.32 Å². The molecule has 1 unspecified atom stereocenters. The van der Waals surface area contributed by atoms with Gasteiger partial charge in [-0.2, -0.15) is 23.4 Å². The molecular formula is C24H23F3N4O2. The van der Waals surface area contributed by atoms with Gasteiger partial charge in [0.15, 0.2) is 6.04 Å². The summed E-state index contributed by atoms with van der Waals surface area (Å²) in [6, 6.07) is 8.73. The standard InChI is InChI=1S/C24H23F3N4O2/c25-24(26,27)19-8-4-7-18-20(19)29-23(33)21(18)31-30-17-11-9-16(10-12-17)22(32)28-14-13-15-5-2-1-3-6-15/h4-5,7-12,21H,1-3,6,13-14H2,(H,28,32)(H,29,33). The molecule has 6 nitrogen and oxygen atoms in total. The summed E-state index contributed by atoms with van der Waals surface area (Å²) in [6.45, 7) is 0.572. The number of allylic oxidation sites excluding steroid dienone is 1. The number of carbonyl (C=O) groups is 2. The van der Waals surface area contributed by atoms with E-state index in [1.807, 2.05) is 0 Å². The van der Waals surface area contributed by atoms with Gasteiger partial charge in [-0.1, -0.05) is 23.8 Å². The van der Waals surface area contributed by atoms with Gasteiger partial charge in [0.2, 0.25) is 0 Å². The smallest absolute Gasteiger partial charge is 0.352 e. The monoisotopic (exact) mass is 456 g/mol. The molecule has 4 rings (SSSR count). The van der Waals surface area contributed by atoms with E-state index in [0.717, 1.165) is 25.3 Å². The number of carbonyl (C=O) groups excluding carboxylic acids is 2. The van der Waals surface area contributed by atoms with Crippen LogP contribution >= 0.6 is 0 Å². The summed E-state index contributed by atoms with van der Waals surface area (Å²) in [5.41, 5.74) is 1.16. The highest BCUT2D eigenvalue weighted by Crippen LogP contribution is 2.43. The number of fused-ring (bicyclic) bond motifs is 1. The first-order valence-electron chi connectivity index (χ1n) is 10.8. The molecule has 0 saturated carbocycles. The lowest BCUT2D eigenvalue weighted by molar-refractivity contribution is -0.136. The van der Waals surface area contributed by atoms with Gasteiger partial charge in [0.05, 0.1) is 16.9 Å². The highest BCUT2D eigenvalue weighted by molar-refractivity contribution is 6.03. The molecule has 2 aromatic rings. The average molecular weight is 456 g/mol. The van der Waals surface area contributed by atoms with E-state index in [4.69, 9.17) is 0 Å². The van der Waals surface area contributed by atoms with Crippen LogP contribution < -0.4 is 10.6 Å². The summed E-state index contributed by atoms with van der Waals surface area (Å²) < 4.78 is 39.5. The molecule has 172 valence electrons. The Balaban J connectivity index is 1.38. The zero-order valence-corrected chi connectivity index (χ0v) is 17.8. The van der Waals surface area contributed by atoms with Crippen LogP contribution in [0, 0.1) is 0 Å². The number of alkyl halides is 3. The lowest BCUT2D eigenvalue weighted by Gasteiger charge is -2.13. The Hall–Kier alpha value is -3.49. The molecule has 0 fully saturated rings. The molecule has 0 radical (unpaired) electrons. The fraction of sp³-hybridized carbons (Fsp3) is 0.333. The van der Waals surface area contributed by atoms with Crippen LogP contribution in [-0.4, -0.2) is 18.4 Å². The molecule has 9 heteroatoms. The normalized spacial score (nSPS) is 18.1. The van der Waals surface area contributed by atoms with E-state index in [1.165, 1.54) is 30.5 Å². The first-order valence-corrected chi connectivity index (χ1v) is 10.8. The van der Waals surface area contributed by atoms with E-state index >= 15 is 0 Å². The largest absolute Gasteiger partial charge is 0.418 e. The summed E-state index contributed by atoms with van der Waals surface area (Å²) in [7, 11) is 0. The number of amides is 2. The predicted molar refractivity (Wildman–Crippen MR) is 117 cm³/mol. The van der Waals surface area contributed by atoms with Crippen LogP contribution in [-0.2, 0) is 11.0 Å². The maximum atomic E-state index is 13.2. The second-order valence-electron chi connectivity index (χ2n) is 8.04. The van der Waals surface area contributed by atoms with Crippen molar-refractivity contribution in [3.8, 4) is 0 Å². The number of hydrogen-bond acceptors (Lipinski definition) is 4. The molecule has 1 aliphatic carbocycles. The Labute approximate surface area is 189 Å². The number of rotatable bonds is 6. The van der Waals surface area contributed by atoms with E-state index in [9.17, 15) is 22.8 Å². The van der Waals surface area contributed by atoms with Crippen molar-refractivity contribution in [3.63, 3.8) is 0 Å². The molecule has 0 spiro atoms. The van der Waals surface area contributed by atoms with Crippen LogP contribution in [0.4, 0.5) is 24.5 Å². The van der Waals surface area contributed by atoms with Crippen LogP contribution in [0.2, 0.25) is 0 Å². The molecule has 1 aliphatic heterocycles. The van der Waals surface area contributed by atoms with Crippen molar-refractivity contribution >= 4 is 23.2 Å². The topological polar surface area (TPSA) is 82.9 Å². The van der Waals surface area contributed by atoms with Gasteiger partial charge in [0, 0.05) is 17.7 Å². The second-order valence-corrected chi connectivity index (χ2v) is 8.04. The number of benzene rings is 2. The fourth-order valence-corrected chi connectivity index (χ4v) is 4.00. The van der Waals surface area contributed by atoms with Crippen molar-refractivity contribution in [2.45, 2.75) is 44.3 Å². The summed E-state index contributed by atoms with van der Waals surface area (Å²) in [6.07, 6.45) is 3.14. The van der Waals surface area contributed by atoms with E-state index < -0.39 is 23.7 Å². The Kier molecular flexibility index (Phi) is 6.57. The maximum Gasteiger partial charge on any atom is 0.418 e. The number of nitrogens with zero attached hydrogens (tertiary/aromatic N) is 2. The number of hydrogen-bond donors (Lipinski definition) is 2. The summed E-state index contributed by atoms with van der Waals surface area (Å²) in [4.78, 5) is 24.5. The molecule has 2 aromatic carbocycles. The van der Waals surface area contributed by atoms with Crippen molar-refractivity contribution in [1.29, 1.82) is 0 Å². The average Bonchev–Trinajstić information content (AvgIpc) is 3.12. The van der Waals surface area contributed by atoms with Gasteiger partial charge in [-0.05, 0) is 62.4 Å². The lowest BCUT2D eigenvalue weighted by atomic mass is 9.97. The van der Waals surface area contributed by atoms with Crippen molar-refractivity contribution < 1.29 is 22.8 Å². The third-order valence-corrected chi connectivity index (χ3v) is 5.73. The van der Waals surface area contributed by atoms with Crippen LogP contribution in [0.3, 0.4) is 0 Å². The minimum atomic E-state index is -4.59. The molecule has 2 N–H and O–H groups in total. The number of para-hydroxylation sites is 1. The molecule has 1 heterocycles. The minimum Gasteiger partial charge on any atom is -0.352 e. The Morgan fingerprint density at radius 2 is 1.91 bits per heavy atom. The van der Waals surface area contributed by atoms with Crippen molar-refractivity contribution in [2.24, 2.45) is 10.2 Å². The van der Waals surface area contributed by atoms with E-state index in [1.54, 1.807) is 24.3 Å². The Morgan fingerprint density at radius 3 is 2.61 bits per heavy atom. The summed E-state index contributed by atoms with van der Waals surface area (Å²) >= 11 is 0. The van der Waals surface area contributed by atoms with E-state index in [2.05, 4.69) is 26.9 Å². The van der Waals surface area contributed by atoms with Crippen LogP contribution in [0.5, 0.6) is 0 Å². The van der Waals surface area contributed by atoms with Gasteiger partial charge < -0.3 is 10.6 Å². The van der Waals surface area contributed by atoms with Gasteiger partial charge in [-0.3, -0.25) is 9.59 Å². The number of azo groups is 1. The molecule has 2 aliphatic rings. The fourth-order valence-electron chi connectivity index (χ4n) is 4.00. The van der Waals surface area contributed by atoms with Gasteiger partial charge >= 0.3 is 6.18 Å². The molecular weight excluding hydrogens is 433 g/mol. The van der Waals surface area contributed by atoms with E-state index in [0.29, 0.717) is 17.8 Å². The first-order chi connectivity index (χ1) is 15.8. The molecule has 2 amide bonds. The van der Waals surface area contributed by atoms with Crippen molar-refractivity contribution in [2.75, 3.05) is 11.9 Å². The summed E-state index contributed by atoms with van der Waals surface area (Å²) in [5.74, 6) is -0.867. The number of anilines is 1. The Morgan fingerprint density at radius 1 is 1.12 bits per heavy atom. The predicted octanol–water partition coefficient (Wildman–Crippen LogP) is 6.10. The van der Waals surface area contributed by atoms with Gasteiger partial charge in [0.25, 0.3) is 11.8 Å². The quantitative estimate of drug-likeness (QED) is 0.407. The zero-order chi connectivity index (χ0) is 23.4. The molecule has 33 heavy (non-hydrogen) atoms. The molecule has 0 aromatic heterocycles. The number of halogens is 3. The third kappa shape index (κ3) is 5.30. The zero-order valence-electron chi connectivity index (χ0n) is 17.8. The van der Waals surface area contributed by atoms with Gasteiger partial charge in [-0.15, -0.1) is 0 Å². The third-order valence-electron chi connectivity index (χ3n) is 5.73. The molecule has 0 saturated heterocycles. The van der Waals surface area contributed by atoms with E-state index in [-0.39, 0.29) is 17.2 Å². The lowest BCUT2D eigenvalue weighted by Crippen LogP contribution is -2.24. The highest BCUT2D eigenvalue weighted by atomic mass is 19.4. The number of nitrogens with one attached hydrogen (secondary N) is 2. The minimum absolute atomic E-state index is 0.127. The van der Waals surface area contributed by atoms with Crippen LogP contribution in [0.25, 0.3) is 0 Å². The van der Waals surface area contributed by atoms with Crippen LogP contribution in [0.15, 0.2) is 64.3 Å². The first kappa shape index (κ1) is 22.7. The van der Waals surface area contributed by atoms with Crippen molar-refractivity contribution in [3.05, 3.63) is 70.8 Å². The van der Waals surface area contributed by atoms with Crippen LogP contribution in [0.1, 0.15) is 59.6 Å². The van der Waals surface area contributed by atoms with Gasteiger partial charge in [0.1, 0.15) is 0 Å². The van der Waals surface area contributed by atoms with Gasteiger partial charge in [-0.25, -0.2) is 0 Å². The molecule has 1 atom stereocenters.